The molecule has 14 heavy (non-hydrogen) atoms. The highest BCUT2D eigenvalue weighted by molar-refractivity contribution is 7.09. The van der Waals surface area contributed by atoms with Crippen molar-refractivity contribution in [1.82, 2.24) is 4.90 Å². The molecule has 1 aromatic rings. The molecule has 0 aliphatic heterocycles. The van der Waals surface area contributed by atoms with E-state index in [1.54, 1.807) is 0 Å². The molecule has 2 unspecified atom stereocenters. The summed E-state index contributed by atoms with van der Waals surface area (Å²) >= 11 is 1.83. The summed E-state index contributed by atoms with van der Waals surface area (Å²) in [5.41, 5.74) is 5.65. The van der Waals surface area contributed by atoms with Crippen LogP contribution in [0.5, 0.6) is 0 Å². The van der Waals surface area contributed by atoms with Crippen molar-refractivity contribution in [1.29, 1.82) is 0 Å². The molecule has 0 spiro atoms. The van der Waals surface area contributed by atoms with E-state index < -0.39 is 0 Å². The topological polar surface area (TPSA) is 29.3 Å². The summed E-state index contributed by atoms with van der Waals surface area (Å²) in [7, 11) is 2.15. The Labute approximate surface area is 90.7 Å². The van der Waals surface area contributed by atoms with Crippen molar-refractivity contribution < 1.29 is 0 Å². The van der Waals surface area contributed by atoms with Crippen LogP contribution in [0.4, 0.5) is 0 Å². The molecule has 0 radical (unpaired) electrons. The van der Waals surface area contributed by atoms with Gasteiger partial charge >= 0.3 is 0 Å². The number of hydrogen-bond donors (Lipinski definition) is 1. The maximum atomic E-state index is 5.65. The summed E-state index contributed by atoms with van der Waals surface area (Å²) in [4.78, 5) is 3.80. The van der Waals surface area contributed by atoms with E-state index in [9.17, 15) is 0 Å². The Morgan fingerprint density at radius 1 is 1.43 bits per heavy atom. The van der Waals surface area contributed by atoms with Gasteiger partial charge in [0.1, 0.15) is 0 Å². The van der Waals surface area contributed by atoms with Gasteiger partial charge in [0.25, 0.3) is 0 Å². The lowest BCUT2D eigenvalue weighted by atomic mass is 10.1. The zero-order valence-electron chi connectivity index (χ0n) is 9.23. The Morgan fingerprint density at radius 2 is 2.14 bits per heavy atom. The Kier molecular flexibility index (Phi) is 4.58. The molecule has 2 atom stereocenters. The predicted molar refractivity (Wildman–Crippen MR) is 63.8 cm³/mol. The SMILES string of the molecule is CC(CN)N(C)C(C)Cc1cccs1. The van der Waals surface area contributed by atoms with E-state index in [-0.39, 0.29) is 0 Å². The van der Waals surface area contributed by atoms with Crippen LogP contribution in [0, 0.1) is 0 Å². The summed E-state index contributed by atoms with van der Waals surface area (Å²) < 4.78 is 0. The van der Waals surface area contributed by atoms with Gasteiger partial charge in [0, 0.05) is 23.5 Å². The number of nitrogens with two attached hydrogens (primary N) is 1. The minimum atomic E-state index is 0.463. The van der Waals surface area contributed by atoms with Crippen LogP contribution < -0.4 is 5.73 Å². The van der Waals surface area contributed by atoms with Gasteiger partial charge in [-0.3, -0.25) is 4.90 Å². The Morgan fingerprint density at radius 3 is 2.64 bits per heavy atom. The Balaban J connectivity index is 2.45. The molecule has 1 aromatic heterocycles. The van der Waals surface area contributed by atoms with Gasteiger partial charge in [-0.1, -0.05) is 6.07 Å². The van der Waals surface area contributed by atoms with Crippen LogP contribution in [0.2, 0.25) is 0 Å². The van der Waals surface area contributed by atoms with Crippen molar-refractivity contribution >= 4 is 11.3 Å². The summed E-state index contributed by atoms with van der Waals surface area (Å²) in [6, 6.07) is 5.33. The molecule has 0 amide bonds. The minimum Gasteiger partial charge on any atom is -0.329 e. The van der Waals surface area contributed by atoms with E-state index in [4.69, 9.17) is 5.73 Å². The van der Waals surface area contributed by atoms with Crippen molar-refractivity contribution in [3.05, 3.63) is 22.4 Å². The summed E-state index contributed by atoms with van der Waals surface area (Å²) in [5.74, 6) is 0. The first-order valence-electron chi connectivity index (χ1n) is 5.09. The van der Waals surface area contributed by atoms with Crippen LogP contribution in [0.15, 0.2) is 17.5 Å². The average molecular weight is 212 g/mol. The fourth-order valence-electron chi connectivity index (χ4n) is 1.46. The smallest absolute Gasteiger partial charge is 0.0190 e. The van der Waals surface area contributed by atoms with E-state index >= 15 is 0 Å². The molecule has 3 heteroatoms. The maximum absolute atomic E-state index is 5.65. The van der Waals surface area contributed by atoms with Crippen molar-refractivity contribution in [3.8, 4) is 0 Å². The molecule has 0 aliphatic rings. The summed E-state index contributed by atoms with van der Waals surface area (Å²) in [6.07, 6.45) is 1.12. The highest BCUT2D eigenvalue weighted by Crippen LogP contribution is 2.14. The number of hydrogen-bond acceptors (Lipinski definition) is 3. The lowest BCUT2D eigenvalue weighted by Gasteiger charge is -2.29. The fraction of sp³-hybridized carbons (Fsp3) is 0.636. The first-order chi connectivity index (χ1) is 6.65. The third kappa shape index (κ3) is 3.08. The first kappa shape index (κ1) is 11.7. The molecular formula is C11H20N2S. The van der Waals surface area contributed by atoms with E-state index in [1.807, 2.05) is 11.3 Å². The van der Waals surface area contributed by atoms with Crippen molar-refractivity contribution in [2.75, 3.05) is 13.6 Å². The van der Waals surface area contributed by atoms with Gasteiger partial charge in [-0.2, -0.15) is 0 Å². The summed E-state index contributed by atoms with van der Waals surface area (Å²) in [6.45, 7) is 5.15. The average Bonchev–Trinajstić information content (AvgIpc) is 2.68. The van der Waals surface area contributed by atoms with Gasteiger partial charge in [-0.25, -0.2) is 0 Å². The van der Waals surface area contributed by atoms with Gasteiger partial charge in [-0.05, 0) is 38.8 Å². The fourth-order valence-corrected chi connectivity index (χ4v) is 2.29. The predicted octanol–water partition coefficient (Wildman–Crippen LogP) is 1.96. The second-order valence-electron chi connectivity index (χ2n) is 3.88. The second kappa shape index (κ2) is 5.49. The number of thiophene rings is 1. The van der Waals surface area contributed by atoms with Crippen molar-refractivity contribution in [2.24, 2.45) is 5.73 Å². The molecule has 80 valence electrons. The van der Waals surface area contributed by atoms with Gasteiger partial charge in [0.2, 0.25) is 0 Å². The number of likely N-dealkylation sites (N-methyl/N-ethyl adjacent to an activating group) is 1. The molecule has 2 nitrogen and oxygen atoms in total. The zero-order chi connectivity index (χ0) is 10.6. The van der Waals surface area contributed by atoms with Crippen LogP contribution in [0.25, 0.3) is 0 Å². The standard InChI is InChI=1S/C11H20N2S/c1-9(13(3)10(2)8-12)7-11-5-4-6-14-11/h4-6,9-10H,7-8,12H2,1-3H3. The van der Waals surface area contributed by atoms with Crippen LogP contribution in [0.1, 0.15) is 18.7 Å². The van der Waals surface area contributed by atoms with E-state index in [2.05, 4.69) is 43.3 Å². The maximum Gasteiger partial charge on any atom is 0.0190 e. The summed E-state index contributed by atoms with van der Waals surface area (Å²) in [5, 5.41) is 2.13. The van der Waals surface area contributed by atoms with E-state index in [1.165, 1.54) is 4.88 Å². The molecule has 1 rings (SSSR count). The van der Waals surface area contributed by atoms with Crippen LogP contribution >= 0.6 is 11.3 Å². The third-order valence-electron chi connectivity index (χ3n) is 2.81. The van der Waals surface area contributed by atoms with Crippen LogP contribution in [-0.2, 0) is 6.42 Å². The van der Waals surface area contributed by atoms with Gasteiger partial charge in [0.05, 0.1) is 0 Å². The molecule has 0 saturated carbocycles. The van der Waals surface area contributed by atoms with E-state index in [0.717, 1.165) is 13.0 Å². The molecule has 0 aliphatic carbocycles. The Bertz CT molecular complexity index is 246. The van der Waals surface area contributed by atoms with Crippen molar-refractivity contribution in [3.63, 3.8) is 0 Å². The lowest BCUT2D eigenvalue weighted by molar-refractivity contribution is 0.200. The van der Waals surface area contributed by atoms with Gasteiger partial charge in [-0.15, -0.1) is 11.3 Å². The van der Waals surface area contributed by atoms with E-state index in [0.29, 0.717) is 12.1 Å². The van der Waals surface area contributed by atoms with Crippen molar-refractivity contribution in [2.45, 2.75) is 32.4 Å². The minimum absolute atomic E-state index is 0.463. The number of nitrogens with zero attached hydrogens (tertiary/aromatic N) is 1. The van der Waals surface area contributed by atoms with Crippen LogP contribution in [-0.4, -0.2) is 30.6 Å². The number of rotatable bonds is 5. The highest BCUT2D eigenvalue weighted by Gasteiger charge is 2.14. The normalized spacial score (nSPS) is 15.8. The third-order valence-corrected chi connectivity index (χ3v) is 3.71. The lowest BCUT2D eigenvalue weighted by Crippen LogP contribution is -2.41. The molecular weight excluding hydrogens is 192 g/mol. The van der Waals surface area contributed by atoms with Gasteiger partial charge in [0.15, 0.2) is 0 Å². The zero-order valence-corrected chi connectivity index (χ0v) is 10.1. The van der Waals surface area contributed by atoms with Crippen LogP contribution in [0.3, 0.4) is 0 Å². The van der Waals surface area contributed by atoms with Gasteiger partial charge < -0.3 is 5.73 Å². The Hall–Kier alpha value is -0.380. The molecule has 2 N–H and O–H groups in total. The second-order valence-corrected chi connectivity index (χ2v) is 4.91. The molecule has 0 aromatic carbocycles. The monoisotopic (exact) mass is 212 g/mol. The largest absolute Gasteiger partial charge is 0.329 e. The molecule has 0 fully saturated rings. The first-order valence-corrected chi connectivity index (χ1v) is 5.97. The molecule has 0 bridgehead atoms. The molecule has 1 heterocycles. The highest BCUT2D eigenvalue weighted by atomic mass is 32.1. The quantitative estimate of drug-likeness (QED) is 0.808. The molecule has 0 saturated heterocycles.